The van der Waals surface area contributed by atoms with E-state index < -0.39 is 0 Å². The molecular weight excluding hydrogens is 290 g/mol. The van der Waals surface area contributed by atoms with Crippen molar-refractivity contribution in [1.82, 2.24) is 24.6 Å². The molecule has 23 heavy (non-hydrogen) atoms. The fourth-order valence-electron chi connectivity index (χ4n) is 3.58. The number of amides is 1. The molecule has 0 spiro atoms. The van der Waals surface area contributed by atoms with E-state index in [1.165, 1.54) is 0 Å². The number of fused-ring (bicyclic) bond motifs is 1. The lowest BCUT2D eigenvalue weighted by Gasteiger charge is -2.26. The van der Waals surface area contributed by atoms with Crippen LogP contribution in [0, 0.1) is 20.8 Å². The van der Waals surface area contributed by atoms with Gasteiger partial charge in [-0.2, -0.15) is 5.10 Å². The van der Waals surface area contributed by atoms with E-state index in [1.54, 1.807) is 0 Å². The summed E-state index contributed by atoms with van der Waals surface area (Å²) in [6.45, 7) is 8.75. The first kappa shape index (κ1) is 15.8. The topological polar surface area (TPSA) is 64.7 Å². The minimum atomic E-state index is -0.186. The van der Waals surface area contributed by atoms with Crippen molar-refractivity contribution in [3.8, 4) is 0 Å². The van der Waals surface area contributed by atoms with Gasteiger partial charge in [0.1, 0.15) is 5.82 Å². The second-order valence-electron chi connectivity index (χ2n) is 6.62. The minimum absolute atomic E-state index is 0.0782. The Labute approximate surface area is 136 Å². The summed E-state index contributed by atoms with van der Waals surface area (Å²) < 4.78 is 4.00. The van der Waals surface area contributed by atoms with E-state index in [-0.39, 0.29) is 17.9 Å². The third-order valence-electron chi connectivity index (χ3n) is 4.85. The molecule has 0 bridgehead atoms. The maximum absolute atomic E-state index is 12.7. The van der Waals surface area contributed by atoms with Crippen LogP contribution in [0.3, 0.4) is 0 Å². The molecule has 3 rings (SSSR count). The maximum Gasteiger partial charge on any atom is 0.227 e. The number of hydrogen-bond donors (Lipinski definition) is 1. The van der Waals surface area contributed by atoms with Crippen LogP contribution in [0.1, 0.15) is 47.7 Å². The Morgan fingerprint density at radius 3 is 2.78 bits per heavy atom. The van der Waals surface area contributed by atoms with Gasteiger partial charge in [-0.3, -0.25) is 9.48 Å². The molecule has 0 fully saturated rings. The largest absolute Gasteiger partial charge is 0.351 e. The zero-order valence-electron chi connectivity index (χ0n) is 14.6. The van der Waals surface area contributed by atoms with Gasteiger partial charge in [0.25, 0.3) is 0 Å². The van der Waals surface area contributed by atoms with Gasteiger partial charge in [0, 0.05) is 43.5 Å². The first-order chi connectivity index (χ1) is 10.9. The molecule has 0 aliphatic carbocycles. The molecule has 0 aromatic carbocycles. The Kier molecular flexibility index (Phi) is 4.00. The molecule has 2 aromatic rings. The lowest BCUT2D eigenvalue weighted by molar-refractivity contribution is -0.123. The number of imidazole rings is 1. The first-order valence-corrected chi connectivity index (χ1v) is 8.20. The van der Waals surface area contributed by atoms with Gasteiger partial charge < -0.3 is 9.88 Å². The molecule has 0 radical (unpaired) electrons. The highest BCUT2D eigenvalue weighted by Crippen LogP contribution is 2.24. The quantitative estimate of drug-likeness (QED) is 0.939. The van der Waals surface area contributed by atoms with Crippen LogP contribution in [0.15, 0.2) is 6.20 Å². The number of nitrogens with zero attached hydrogens (tertiary/aromatic N) is 4. The summed E-state index contributed by atoms with van der Waals surface area (Å²) in [5.41, 5.74) is 4.08. The van der Waals surface area contributed by atoms with Gasteiger partial charge in [0.2, 0.25) is 5.91 Å². The summed E-state index contributed by atoms with van der Waals surface area (Å²) in [4.78, 5) is 17.2. The summed E-state index contributed by atoms with van der Waals surface area (Å²) >= 11 is 0. The maximum atomic E-state index is 12.7. The molecule has 6 nitrogen and oxygen atoms in total. The van der Waals surface area contributed by atoms with E-state index in [2.05, 4.69) is 26.2 Å². The van der Waals surface area contributed by atoms with Crippen molar-refractivity contribution >= 4 is 5.91 Å². The smallest absolute Gasteiger partial charge is 0.227 e. The van der Waals surface area contributed by atoms with Crippen molar-refractivity contribution in [2.75, 3.05) is 0 Å². The second kappa shape index (κ2) is 5.83. The van der Waals surface area contributed by atoms with Gasteiger partial charge in [-0.25, -0.2) is 4.98 Å². The van der Waals surface area contributed by atoms with E-state index in [0.717, 1.165) is 47.9 Å². The van der Waals surface area contributed by atoms with Crippen LogP contribution >= 0.6 is 0 Å². The first-order valence-electron chi connectivity index (χ1n) is 8.20. The molecule has 1 aliphatic rings. The van der Waals surface area contributed by atoms with E-state index in [0.29, 0.717) is 0 Å². The van der Waals surface area contributed by atoms with Crippen LogP contribution in [0.5, 0.6) is 0 Å². The van der Waals surface area contributed by atoms with Crippen molar-refractivity contribution in [3.05, 3.63) is 34.7 Å². The molecule has 1 aliphatic heterocycles. The van der Waals surface area contributed by atoms with Crippen LogP contribution in [-0.2, 0) is 24.8 Å². The molecule has 1 amide bonds. The molecule has 3 heterocycles. The predicted octanol–water partition coefficient (Wildman–Crippen LogP) is 1.78. The van der Waals surface area contributed by atoms with E-state index in [4.69, 9.17) is 0 Å². The highest BCUT2D eigenvalue weighted by Gasteiger charge is 2.26. The van der Waals surface area contributed by atoms with Crippen LogP contribution in [0.25, 0.3) is 0 Å². The van der Waals surface area contributed by atoms with Gasteiger partial charge in [0.15, 0.2) is 0 Å². The lowest BCUT2D eigenvalue weighted by atomic mass is 9.97. The SMILES string of the molecule is Cc1cn2c(n1)CC[C@H](NC(=O)[C@@H](C)c1c(C)nn(C)c1C)C2. The average Bonchev–Trinajstić information content (AvgIpc) is 2.97. The van der Waals surface area contributed by atoms with Gasteiger partial charge in [-0.15, -0.1) is 0 Å². The highest BCUT2D eigenvalue weighted by atomic mass is 16.1. The van der Waals surface area contributed by atoms with Crippen molar-refractivity contribution in [3.63, 3.8) is 0 Å². The van der Waals surface area contributed by atoms with E-state index in [1.807, 2.05) is 39.4 Å². The third-order valence-corrected chi connectivity index (χ3v) is 4.85. The fraction of sp³-hybridized carbons (Fsp3) is 0.588. The second-order valence-corrected chi connectivity index (χ2v) is 6.62. The van der Waals surface area contributed by atoms with Crippen molar-refractivity contribution in [2.45, 2.75) is 59.0 Å². The molecule has 2 aromatic heterocycles. The number of aromatic nitrogens is 4. The minimum Gasteiger partial charge on any atom is -0.351 e. The molecular formula is C17H25N5O. The van der Waals surface area contributed by atoms with Crippen LogP contribution in [-0.4, -0.2) is 31.3 Å². The number of carbonyl (C=O) groups excluding carboxylic acids is 1. The van der Waals surface area contributed by atoms with E-state index in [9.17, 15) is 4.79 Å². The lowest BCUT2D eigenvalue weighted by Crippen LogP contribution is -2.42. The van der Waals surface area contributed by atoms with E-state index >= 15 is 0 Å². The normalized spacial score (nSPS) is 18.6. The number of nitrogens with one attached hydrogen (secondary N) is 1. The molecule has 124 valence electrons. The fourth-order valence-corrected chi connectivity index (χ4v) is 3.58. The highest BCUT2D eigenvalue weighted by molar-refractivity contribution is 5.84. The Bertz CT molecular complexity index is 742. The standard InChI is InChI=1S/C17H25N5O/c1-10-8-22-9-14(6-7-15(22)18-10)19-17(23)11(2)16-12(3)20-21(5)13(16)4/h8,11,14H,6-7,9H2,1-5H3,(H,19,23)/t11-,14-/m0/s1. The summed E-state index contributed by atoms with van der Waals surface area (Å²) in [7, 11) is 1.92. The molecule has 0 unspecified atom stereocenters. The Morgan fingerprint density at radius 1 is 1.39 bits per heavy atom. The van der Waals surface area contributed by atoms with Crippen LogP contribution in [0.2, 0.25) is 0 Å². The number of rotatable bonds is 3. The molecule has 1 N–H and O–H groups in total. The van der Waals surface area contributed by atoms with Gasteiger partial charge in [-0.1, -0.05) is 0 Å². The van der Waals surface area contributed by atoms with Gasteiger partial charge in [-0.05, 0) is 34.1 Å². The monoisotopic (exact) mass is 315 g/mol. The summed E-state index contributed by atoms with van der Waals surface area (Å²) in [5, 5.41) is 7.62. The van der Waals surface area contributed by atoms with Gasteiger partial charge >= 0.3 is 0 Å². The zero-order chi connectivity index (χ0) is 16.7. The zero-order valence-corrected chi connectivity index (χ0v) is 14.6. The van der Waals surface area contributed by atoms with Crippen molar-refractivity contribution < 1.29 is 4.79 Å². The Balaban J connectivity index is 1.70. The van der Waals surface area contributed by atoms with Gasteiger partial charge in [0.05, 0.1) is 17.3 Å². The molecule has 2 atom stereocenters. The predicted molar refractivity (Wildman–Crippen MR) is 88.3 cm³/mol. The number of hydrogen-bond acceptors (Lipinski definition) is 3. The Morgan fingerprint density at radius 2 is 2.13 bits per heavy atom. The Hall–Kier alpha value is -2.11. The number of carbonyl (C=O) groups is 1. The summed E-state index contributed by atoms with van der Waals surface area (Å²) in [6.07, 6.45) is 3.92. The number of aryl methyl sites for hydroxylation is 4. The van der Waals surface area contributed by atoms with Crippen LogP contribution < -0.4 is 5.32 Å². The molecule has 0 saturated heterocycles. The third kappa shape index (κ3) is 2.90. The average molecular weight is 315 g/mol. The molecule has 0 saturated carbocycles. The molecule has 6 heteroatoms. The van der Waals surface area contributed by atoms with Crippen LogP contribution in [0.4, 0.5) is 0 Å². The summed E-state index contributed by atoms with van der Waals surface area (Å²) in [6, 6.07) is 0.170. The summed E-state index contributed by atoms with van der Waals surface area (Å²) in [5.74, 6) is 1.02. The van der Waals surface area contributed by atoms with Crippen molar-refractivity contribution in [1.29, 1.82) is 0 Å². The van der Waals surface area contributed by atoms with Crippen molar-refractivity contribution in [2.24, 2.45) is 7.05 Å².